The van der Waals surface area contributed by atoms with Crippen molar-refractivity contribution < 1.29 is 0 Å². The lowest BCUT2D eigenvalue weighted by Gasteiger charge is -2.37. The van der Waals surface area contributed by atoms with Crippen molar-refractivity contribution in [3.63, 3.8) is 0 Å². The van der Waals surface area contributed by atoms with Crippen molar-refractivity contribution in [2.24, 2.45) is 0 Å². The molecule has 4 heteroatoms. The van der Waals surface area contributed by atoms with Crippen LogP contribution in [0.1, 0.15) is 18.4 Å². The lowest BCUT2D eigenvalue weighted by Crippen LogP contribution is -2.42. The fraction of sp³-hybridized carbons (Fsp3) is 0.643. The lowest BCUT2D eigenvalue weighted by atomic mass is 10.0. The van der Waals surface area contributed by atoms with Gasteiger partial charge in [-0.15, -0.1) is 0 Å². The quantitative estimate of drug-likeness (QED) is 0.871. The molecule has 0 unspecified atom stereocenters. The molecule has 0 bridgehead atoms. The third-order valence-corrected chi connectivity index (χ3v) is 3.87. The van der Waals surface area contributed by atoms with Crippen LogP contribution in [-0.4, -0.2) is 50.2 Å². The van der Waals surface area contributed by atoms with Gasteiger partial charge in [-0.25, -0.2) is 0 Å². The number of piperidine rings is 1. The zero-order valence-corrected chi connectivity index (χ0v) is 11.7. The summed E-state index contributed by atoms with van der Waals surface area (Å²) in [4.78, 5) is 9.09. The molecule has 1 aliphatic rings. The van der Waals surface area contributed by atoms with Crippen molar-refractivity contribution in [1.29, 1.82) is 0 Å². The van der Waals surface area contributed by atoms with Crippen LogP contribution in [0, 0.1) is 0 Å². The van der Waals surface area contributed by atoms with E-state index in [4.69, 9.17) is 0 Å². The summed E-state index contributed by atoms with van der Waals surface area (Å²) < 4.78 is 0. The molecule has 1 aromatic heterocycles. The second-order valence-electron chi connectivity index (χ2n) is 5.18. The van der Waals surface area contributed by atoms with Crippen LogP contribution in [-0.2, 0) is 6.54 Å². The van der Waals surface area contributed by atoms with Gasteiger partial charge in [-0.1, -0.05) is 0 Å². The molecule has 0 aliphatic carbocycles. The Kier molecular flexibility index (Phi) is 4.55. The Morgan fingerprint density at radius 2 is 2.17 bits per heavy atom. The summed E-state index contributed by atoms with van der Waals surface area (Å²) in [5, 5.41) is 3.23. The minimum Gasteiger partial charge on any atom is -0.370 e. The molecule has 4 nitrogen and oxygen atoms in total. The number of hydrogen-bond acceptors (Lipinski definition) is 4. The highest BCUT2D eigenvalue weighted by molar-refractivity contribution is 5.51. The van der Waals surface area contributed by atoms with E-state index in [0.29, 0.717) is 6.04 Å². The number of rotatable bonds is 4. The van der Waals surface area contributed by atoms with Crippen molar-refractivity contribution in [2.75, 3.05) is 39.1 Å². The van der Waals surface area contributed by atoms with Crippen LogP contribution in [0.15, 0.2) is 18.5 Å². The predicted molar refractivity (Wildman–Crippen MR) is 75.9 cm³/mol. The largest absolute Gasteiger partial charge is 0.370 e. The molecule has 0 amide bonds. The summed E-state index contributed by atoms with van der Waals surface area (Å²) in [6.45, 7) is 3.28. The van der Waals surface area contributed by atoms with Crippen molar-refractivity contribution in [2.45, 2.75) is 25.4 Å². The Labute approximate surface area is 110 Å². The molecule has 0 saturated carbocycles. The van der Waals surface area contributed by atoms with Crippen molar-refractivity contribution in [1.82, 2.24) is 15.2 Å². The molecule has 18 heavy (non-hydrogen) atoms. The highest BCUT2D eigenvalue weighted by Gasteiger charge is 2.22. The molecule has 2 rings (SSSR count). The zero-order valence-electron chi connectivity index (χ0n) is 11.7. The molecule has 0 radical (unpaired) electrons. The Hall–Kier alpha value is -1.13. The summed E-state index contributed by atoms with van der Waals surface area (Å²) >= 11 is 0. The van der Waals surface area contributed by atoms with Crippen molar-refractivity contribution in [3.05, 3.63) is 24.0 Å². The zero-order chi connectivity index (χ0) is 13.0. The third-order valence-electron chi connectivity index (χ3n) is 3.87. The fourth-order valence-corrected chi connectivity index (χ4v) is 2.65. The Morgan fingerprint density at radius 1 is 1.44 bits per heavy atom. The van der Waals surface area contributed by atoms with Gasteiger partial charge in [-0.2, -0.15) is 0 Å². The van der Waals surface area contributed by atoms with Crippen LogP contribution in [0.2, 0.25) is 0 Å². The highest BCUT2D eigenvalue weighted by atomic mass is 15.2. The standard InChI is InChI=1S/C14H24N4/c1-15-10-12-4-7-16-11-14(12)18(3)13-5-8-17(2)9-6-13/h4,7,11,13,15H,5-6,8-10H2,1-3H3. The summed E-state index contributed by atoms with van der Waals surface area (Å²) in [6.07, 6.45) is 6.34. The van der Waals surface area contributed by atoms with E-state index < -0.39 is 0 Å². The maximum atomic E-state index is 4.28. The summed E-state index contributed by atoms with van der Waals surface area (Å²) in [6, 6.07) is 2.75. The monoisotopic (exact) mass is 248 g/mol. The van der Waals surface area contributed by atoms with Crippen LogP contribution in [0.5, 0.6) is 0 Å². The second-order valence-corrected chi connectivity index (χ2v) is 5.18. The van der Waals surface area contributed by atoms with Gasteiger partial charge in [0.2, 0.25) is 0 Å². The molecule has 0 atom stereocenters. The molecule has 1 N–H and O–H groups in total. The van der Waals surface area contributed by atoms with Gasteiger partial charge >= 0.3 is 0 Å². The SMILES string of the molecule is CNCc1ccncc1N(C)C1CCN(C)CC1. The minimum absolute atomic E-state index is 0.640. The van der Waals surface area contributed by atoms with Gasteiger partial charge in [0.1, 0.15) is 0 Å². The van der Waals surface area contributed by atoms with E-state index in [0.717, 1.165) is 6.54 Å². The number of pyridine rings is 1. The molecule has 0 aromatic carbocycles. The van der Waals surface area contributed by atoms with Gasteiger partial charge in [-0.3, -0.25) is 4.98 Å². The van der Waals surface area contributed by atoms with E-state index in [9.17, 15) is 0 Å². The highest BCUT2D eigenvalue weighted by Crippen LogP contribution is 2.24. The van der Waals surface area contributed by atoms with Gasteiger partial charge < -0.3 is 15.1 Å². The summed E-state index contributed by atoms with van der Waals surface area (Å²) in [7, 11) is 6.39. The first kappa shape index (κ1) is 13.3. The molecular weight excluding hydrogens is 224 g/mol. The summed E-state index contributed by atoms with van der Waals surface area (Å²) in [5.74, 6) is 0. The third kappa shape index (κ3) is 3.00. The molecule has 1 aliphatic heterocycles. The molecular formula is C14H24N4. The number of anilines is 1. The first-order valence-electron chi connectivity index (χ1n) is 6.71. The van der Waals surface area contributed by atoms with Gasteiger partial charge in [-0.05, 0) is 51.7 Å². The molecule has 100 valence electrons. The second kappa shape index (κ2) is 6.16. The summed E-state index contributed by atoms with van der Waals surface area (Å²) in [5.41, 5.74) is 2.59. The van der Waals surface area contributed by atoms with Crippen LogP contribution in [0.4, 0.5) is 5.69 Å². The molecule has 0 spiro atoms. The van der Waals surface area contributed by atoms with Gasteiger partial charge in [0.25, 0.3) is 0 Å². The van der Waals surface area contributed by atoms with E-state index in [2.05, 4.69) is 40.3 Å². The van der Waals surface area contributed by atoms with Gasteiger partial charge in [0, 0.05) is 25.8 Å². The number of likely N-dealkylation sites (tertiary alicyclic amines) is 1. The average molecular weight is 248 g/mol. The number of nitrogens with zero attached hydrogens (tertiary/aromatic N) is 3. The van der Waals surface area contributed by atoms with Gasteiger partial charge in [0.15, 0.2) is 0 Å². The lowest BCUT2D eigenvalue weighted by molar-refractivity contribution is 0.252. The van der Waals surface area contributed by atoms with E-state index in [1.807, 2.05) is 19.4 Å². The number of aromatic nitrogens is 1. The van der Waals surface area contributed by atoms with Crippen molar-refractivity contribution in [3.8, 4) is 0 Å². The minimum atomic E-state index is 0.640. The first-order valence-corrected chi connectivity index (χ1v) is 6.71. The fourth-order valence-electron chi connectivity index (χ4n) is 2.65. The Balaban J connectivity index is 2.10. The molecule has 1 saturated heterocycles. The smallest absolute Gasteiger partial charge is 0.0598 e. The van der Waals surface area contributed by atoms with E-state index in [-0.39, 0.29) is 0 Å². The van der Waals surface area contributed by atoms with Crippen LogP contribution in [0.25, 0.3) is 0 Å². The molecule has 1 fully saturated rings. The first-order chi connectivity index (χ1) is 8.72. The van der Waals surface area contributed by atoms with E-state index in [1.54, 1.807) is 0 Å². The van der Waals surface area contributed by atoms with Crippen LogP contribution >= 0.6 is 0 Å². The average Bonchev–Trinajstić information content (AvgIpc) is 2.40. The molecule has 1 aromatic rings. The maximum absolute atomic E-state index is 4.28. The number of hydrogen-bond donors (Lipinski definition) is 1. The number of nitrogens with one attached hydrogen (secondary N) is 1. The van der Waals surface area contributed by atoms with Crippen molar-refractivity contribution >= 4 is 5.69 Å². The predicted octanol–water partition coefficient (Wildman–Crippen LogP) is 1.33. The van der Waals surface area contributed by atoms with E-state index >= 15 is 0 Å². The topological polar surface area (TPSA) is 31.4 Å². The van der Waals surface area contributed by atoms with Gasteiger partial charge in [0.05, 0.1) is 11.9 Å². The maximum Gasteiger partial charge on any atom is 0.0598 e. The van der Waals surface area contributed by atoms with E-state index in [1.165, 1.54) is 37.2 Å². The Bertz CT molecular complexity index is 372. The van der Waals surface area contributed by atoms with Crippen LogP contribution in [0.3, 0.4) is 0 Å². The molecule has 2 heterocycles. The normalized spacial score (nSPS) is 17.9. The Morgan fingerprint density at radius 3 is 2.83 bits per heavy atom. The van der Waals surface area contributed by atoms with Crippen LogP contribution < -0.4 is 10.2 Å².